The lowest BCUT2D eigenvalue weighted by Gasteiger charge is -2.17. The molecule has 0 spiro atoms. The second-order valence-corrected chi connectivity index (χ2v) is 5.98. The zero-order valence-corrected chi connectivity index (χ0v) is 15.1. The van der Waals surface area contributed by atoms with Crippen molar-refractivity contribution in [3.63, 3.8) is 0 Å². The molecule has 0 amide bonds. The van der Waals surface area contributed by atoms with E-state index in [1.165, 1.54) is 0 Å². The normalized spacial score (nSPS) is 10.9. The van der Waals surface area contributed by atoms with Crippen LogP contribution in [-0.4, -0.2) is 14.2 Å². The van der Waals surface area contributed by atoms with E-state index in [0.29, 0.717) is 5.75 Å². The third-order valence-electron chi connectivity index (χ3n) is 3.46. The van der Waals surface area contributed by atoms with E-state index in [9.17, 15) is 0 Å². The molecule has 0 saturated heterocycles. The first-order valence-corrected chi connectivity index (χ1v) is 8.63. The third-order valence-corrected chi connectivity index (χ3v) is 3.46. The molecule has 0 saturated carbocycles. The minimum atomic E-state index is -4.94. The predicted octanol–water partition coefficient (Wildman–Crippen LogP) is -0.0495. The molecule has 0 fully saturated rings. The molecule has 0 bridgehead atoms. The summed E-state index contributed by atoms with van der Waals surface area (Å²) >= 11 is 0. The van der Waals surface area contributed by atoms with Gasteiger partial charge < -0.3 is 9.47 Å². The van der Waals surface area contributed by atoms with Crippen LogP contribution in [-0.2, 0) is 0 Å². The molecule has 1 heterocycles. The van der Waals surface area contributed by atoms with Gasteiger partial charge in [-0.1, -0.05) is 18.2 Å². The maximum absolute atomic E-state index is 8.49. The molecule has 0 aliphatic carbocycles. The van der Waals surface area contributed by atoms with Crippen LogP contribution in [0.1, 0.15) is 5.76 Å². The molecular weight excluding hydrogens is 364 g/mol. The van der Waals surface area contributed by atoms with Crippen LogP contribution in [0.25, 0.3) is 22.1 Å². The van der Waals surface area contributed by atoms with Gasteiger partial charge in [0.15, 0.2) is 11.5 Å². The molecule has 0 aliphatic rings. The van der Waals surface area contributed by atoms with E-state index < -0.39 is 10.2 Å². The number of rotatable bonds is 3. The second-order valence-electron chi connectivity index (χ2n) is 5.22. The molecule has 2 aromatic carbocycles. The van der Waals surface area contributed by atoms with Gasteiger partial charge in [0.1, 0.15) is 0 Å². The van der Waals surface area contributed by atoms with Crippen LogP contribution < -0.4 is 28.1 Å². The first kappa shape index (κ1) is 19.9. The Labute approximate surface area is 152 Å². The van der Waals surface area contributed by atoms with Crippen LogP contribution in [0.15, 0.2) is 52.9 Å². The first-order chi connectivity index (χ1) is 12.2. The lowest BCUT2D eigenvalue weighted by atomic mass is 10.0. The number of hydrogen-bond acceptors (Lipinski definition) is 6. The van der Waals surface area contributed by atoms with Gasteiger partial charge in [-0.2, -0.15) is 0 Å². The minimum absolute atomic E-state index is 0.696. The maximum atomic E-state index is 8.49. The number of ether oxygens (including phenoxy) is 2. The number of aryl methyl sites for hydroxylation is 1. The van der Waals surface area contributed by atoms with E-state index in [4.69, 9.17) is 32.5 Å². The SMILES string of the molecule is COc1cc2cc(C)[o+]c(-c3ccccc3)c2cc1OC.[O-][Cl+3]([O-])([O-])[O-]. The highest BCUT2D eigenvalue weighted by molar-refractivity contribution is 5.95. The van der Waals surface area contributed by atoms with E-state index in [-0.39, 0.29) is 0 Å². The van der Waals surface area contributed by atoms with Crippen molar-refractivity contribution in [2.75, 3.05) is 14.2 Å². The fourth-order valence-corrected chi connectivity index (χ4v) is 2.48. The number of hydrogen-bond donors (Lipinski definition) is 0. The average molecular weight is 381 g/mol. The van der Waals surface area contributed by atoms with Crippen molar-refractivity contribution in [3.8, 4) is 22.8 Å². The van der Waals surface area contributed by atoms with Crippen LogP contribution in [0.4, 0.5) is 0 Å². The van der Waals surface area contributed by atoms with E-state index in [1.807, 2.05) is 55.5 Å². The van der Waals surface area contributed by atoms with Crippen molar-refractivity contribution in [3.05, 3.63) is 54.3 Å². The zero-order valence-electron chi connectivity index (χ0n) is 14.4. The van der Waals surface area contributed by atoms with Gasteiger partial charge in [0.05, 0.1) is 32.1 Å². The number of methoxy groups -OCH3 is 2. The molecule has 0 radical (unpaired) electrons. The Hall–Kier alpha value is -2.42. The fourth-order valence-electron chi connectivity index (χ4n) is 2.48. The Morgan fingerprint density at radius 3 is 1.92 bits per heavy atom. The maximum Gasteiger partial charge on any atom is 0.368 e. The molecule has 7 nitrogen and oxygen atoms in total. The highest BCUT2D eigenvalue weighted by atomic mass is 35.7. The van der Waals surface area contributed by atoms with E-state index in [2.05, 4.69) is 0 Å². The van der Waals surface area contributed by atoms with Crippen LogP contribution in [0.2, 0.25) is 0 Å². The molecule has 3 rings (SSSR count). The Morgan fingerprint density at radius 2 is 1.38 bits per heavy atom. The fraction of sp³-hybridized carbons (Fsp3) is 0.167. The van der Waals surface area contributed by atoms with Crippen molar-refractivity contribution in [1.29, 1.82) is 0 Å². The number of halogens is 1. The lowest BCUT2D eigenvalue weighted by molar-refractivity contribution is -2.00. The van der Waals surface area contributed by atoms with Gasteiger partial charge >= 0.3 is 11.5 Å². The molecule has 1 aromatic heterocycles. The summed E-state index contributed by atoms with van der Waals surface area (Å²) in [7, 11) is -1.67. The monoisotopic (exact) mass is 380 g/mol. The van der Waals surface area contributed by atoms with E-state index in [0.717, 1.165) is 33.6 Å². The largest absolute Gasteiger partial charge is 0.493 e. The summed E-state index contributed by atoms with van der Waals surface area (Å²) < 4.78 is 50.7. The topological polar surface area (TPSA) is 122 Å². The quantitative estimate of drug-likeness (QED) is 0.584. The van der Waals surface area contributed by atoms with Crippen LogP contribution in [0.3, 0.4) is 0 Å². The average Bonchev–Trinajstić information content (AvgIpc) is 2.59. The van der Waals surface area contributed by atoms with Crippen molar-refractivity contribution in [2.45, 2.75) is 6.92 Å². The Morgan fingerprint density at radius 1 is 0.846 bits per heavy atom. The van der Waals surface area contributed by atoms with Crippen molar-refractivity contribution < 1.29 is 42.8 Å². The molecule has 8 heteroatoms. The highest BCUT2D eigenvalue weighted by Crippen LogP contribution is 2.37. The Balaban J connectivity index is 0.000000431. The van der Waals surface area contributed by atoms with Gasteiger partial charge in [0.25, 0.3) is 0 Å². The molecule has 0 aliphatic heterocycles. The first-order valence-electron chi connectivity index (χ1n) is 7.39. The predicted molar refractivity (Wildman–Crippen MR) is 83.9 cm³/mol. The van der Waals surface area contributed by atoms with Crippen molar-refractivity contribution >= 4 is 10.8 Å². The molecule has 0 N–H and O–H groups in total. The number of fused-ring (bicyclic) bond motifs is 1. The van der Waals surface area contributed by atoms with Gasteiger partial charge in [0.2, 0.25) is 0 Å². The van der Waals surface area contributed by atoms with Gasteiger partial charge in [-0.15, -0.1) is 10.2 Å². The Bertz CT molecular complexity index is 870. The van der Waals surface area contributed by atoms with Crippen molar-refractivity contribution in [2.24, 2.45) is 0 Å². The summed E-state index contributed by atoms with van der Waals surface area (Å²) in [5.41, 5.74) is 1.04. The number of benzene rings is 2. The Kier molecular flexibility index (Phi) is 6.36. The van der Waals surface area contributed by atoms with Gasteiger partial charge in [-0.05, 0) is 18.2 Å². The summed E-state index contributed by atoms with van der Waals surface area (Å²) in [6.45, 7) is 1.95. The van der Waals surface area contributed by atoms with Gasteiger partial charge in [-0.3, -0.25) is 0 Å². The second kappa shape index (κ2) is 8.31. The molecular formula is C18H17ClO7. The summed E-state index contributed by atoms with van der Waals surface area (Å²) in [5.74, 6) is 3.11. The van der Waals surface area contributed by atoms with Crippen molar-refractivity contribution in [1.82, 2.24) is 0 Å². The van der Waals surface area contributed by atoms with Crippen LogP contribution in [0, 0.1) is 17.2 Å². The molecule has 26 heavy (non-hydrogen) atoms. The molecule has 3 aromatic rings. The molecule has 0 unspecified atom stereocenters. The zero-order chi connectivity index (χ0) is 19.3. The molecule has 0 atom stereocenters. The summed E-state index contributed by atoms with van der Waals surface area (Å²) in [5, 5.41) is 2.07. The minimum Gasteiger partial charge on any atom is -0.493 e. The van der Waals surface area contributed by atoms with E-state index in [1.54, 1.807) is 14.2 Å². The van der Waals surface area contributed by atoms with Gasteiger partial charge in [0, 0.05) is 17.5 Å². The van der Waals surface area contributed by atoms with Crippen LogP contribution >= 0.6 is 0 Å². The third kappa shape index (κ3) is 5.29. The summed E-state index contributed by atoms with van der Waals surface area (Å²) in [6.07, 6.45) is 0. The summed E-state index contributed by atoms with van der Waals surface area (Å²) in [6, 6.07) is 16.0. The van der Waals surface area contributed by atoms with Gasteiger partial charge in [-0.25, -0.2) is 23.1 Å². The smallest absolute Gasteiger partial charge is 0.368 e. The standard InChI is InChI=1S/C18H17O3.ClHO4/c1-12-9-14-10-16(19-2)17(20-3)11-15(14)18(21-12)13-7-5-4-6-8-13;2-1(3,4)5/h4-11H,1-3H3;(H,2,3,4,5)/q+1;/p-1. The highest BCUT2D eigenvalue weighted by Gasteiger charge is 2.21. The van der Waals surface area contributed by atoms with E-state index >= 15 is 0 Å². The molecule has 138 valence electrons. The lowest BCUT2D eigenvalue weighted by Crippen LogP contribution is -2.68. The summed E-state index contributed by atoms with van der Waals surface area (Å²) in [4.78, 5) is 0. The van der Waals surface area contributed by atoms with Crippen LogP contribution in [0.5, 0.6) is 11.5 Å².